The molecule has 2 heterocycles. The summed E-state index contributed by atoms with van der Waals surface area (Å²) in [5.41, 5.74) is 6.98. The molecule has 0 atom stereocenters. The van der Waals surface area contributed by atoms with Crippen molar-refractivity contribution in [2.24, 2.45) is 0 Å². The standard InChI is InChI=1S/C41H45N5O2/c1-26(2)32-16-6-12-28-24-30-14-8-18-34(38(30)44-36(28)32)40(47)42-20-10-22-46(5)23-11-21-43-41(48)35-19-9-15-31-25-29-13-7-17-33(27(3)4)37(29)45-39(31)35/h6-9,12-19,24-27H,10-11,20-23H2,1-5H3,(H,42,47)(H,43,48). The topological polar surface area (TPSA) is 87.2 Å². The molecule has 0 saturated carbocycles. The minimum absolute atomic E-state index is 0.101. The van der Waals surface area contributed by atoms with Crippen LogP contribution in [0.2, 0.25) is 0 Å². The van der Waals surface area contributed by atoms with E-state index < -0.39 is 0 Å². The second-order valence-corrected chi connectivity index (χ2v) is 13.4. The third kappa shape index (κ3) is 7.02. The second kappa shape index (κ2) is 14.5. The average Bonchev–Trinajstić information content (AvgIpc) is 3.08. The first kappa shape index (κ1) is 33.0. The molecule has 6 rings (SSSR count). The Morgan fingerprint density at radius 1 is 0.583 bits per heavy atom. The molecule has 0 saturated heterocycles. The number of nitrogens with one attached hydrogen (secondary N) is 2. The Bertz CT molecular complexity index is 1970. The number of rotatable bonds is 12. The monoisotopic (exact) mass is 639 g/mol. The molecule has 0 aliphatic rings. The number of carbonyl (C=O) groups is 2. The number of fused-ring (bicyclic) bond motifs is 4. The predicted molar refractivity (Wildman–Crippen MR) is 198 cm³/mol. The van der Waals surface area contributed by atoms with Gasteiger partial charge < -0.3 is 15.5 Å². The predicted octanol–water partition coefficient (Wildman–Crippen LogP) is 8.21. The number of para-hydroxylation sites is 4. The maximum absolute atomic E-state index is 13.2. The van der Waals surface area contributed by atoms with Crippen molar-refractivity contribution in [3.63, 3.8) is 0 Å². The van der Waals surface area contributed by atoms with Gasteiger partial charge in [-0.3, -0.25) is 9.59 Å². The first-order valence-electron chi connectivity index (χ1n) is 17.1. The number of benzene rings is 4. The van der Waals surface area contributed by atoms with Crippen molar-refractivity contribution < 1.29 is 9.59 Å². The van der Waals surface area contributed by atoms with Crippen molar-refractivity contribution in [1.82, 2.24) is 25.5 Å². The van der Waals surface area contributed by atoms with Crippen LogP contribution in [0.3, 0.4) is 0 Å². The average molecular weight is 640 g/mol. The number of aromatic nitrogens is 2. The van der Waals surface area contributed by atoms with Gasteiger partial charge in [0.15, 0.2) is 0 Å². The quantitative estimate of drug-likeness (QED) is 0.104. The molecule has 2 aromatic heterocycles. The number of carbonyl (C=O) groups excluding carboxylic acids is 2. The minimum atomic E-state index is -0.101. The molecule has 0 radical (unpaired) electrons. The highest BCUT2D eigenvalue weighted by atomic mass is 16.2. The number of nitrogens with zero attached hydrogens (tertiary/aromatic N) is 3. The Labute approximate surface area is 282 Å². The Kier molecular flexibility index (Phi) is 9.97. The lowest BCUT2D eigenvalue weighted by molar-refractivity contribution is 0.0947. The highest BCUT2D eigenvalue weighted by Gasteiger charge is 2.16. The van der Waals surface area contributed by atoms with Crippen molar-refractivity contribution in [3.8, 4) is 0 Å². The summed E-state index contributed by atoms with van der Waals surface area (Å²) in [6.45, 7) is 11.5. The Morgan fingerprint density at radius 2 is 0.958 bits per heavy atom. The van der Waals surface area contributed by atoms with E-state index in [1.165, 1.54) is 11.1 Å². The van der Waals surface area contributed by atoms with Crippen molar-refractivity contribution in [2.45, 2.75) is 52.4 Å². The van der Waals surface area contributed by atoms with Gasteiger partial charge in [0.05, 0.1) is 33.2 Å². The highest BCUT2D eigenvalue weighted by Crippen LogP contribution is 2.29. The van der Waals surface area contributed by atoms with Crippen molar-refractivity contribution >= 4 is 55.4 Å². The van der Waals surface area contributed by atoms with E-state index in [4.69, 9.17) is 9.97 Å². The van der Waals surface area contributed by atoms with E-state index in [0.29, 0.717) is 36.1 Å². The molecule has 246 valence electrons. The fourth-order valence-electron chi connectivity index (χ4n) is 6.52. The van der Waals surface area contributed by atoms with Crippen LogP contribution in [-0.4, -0.2) is 59.9 Å². The molecule has 7 heteroatoms. The van der Waals surface area contributed by atoms with Crippen LogP contribution in [0.25, 0.3) is 43.6 Å². The maximum Gasteiger partial charge on any atom is 0.253 e. The van der Waals surface area contributed by atoms with Crippen LogP contribution in [-0.2, 0) is 0 Å². The van der Waals surface area contributed by atoms with Gasteiger partial charge in [-0.25, -0.2) is 9.97 Å². The molecule has 0 unspecified atom stereocenters. The molecule has 0 aliphatic heterocycles. The van der Waals surface area contributed by atoms with Crippen molar-refractivity contribution in [3.05, 3.63) is 107 Å². The van der Waals surface area contributed by atoms with Gasteiger partial charge in [0.1, 0.15) is 0 Å². The van der Waals surface area contributed by atoms with Gasteiger partial charge >= 0.3 is 0 Å². The van der Waals surface area contributed by atoms with Gasteiger partial charge in [-0.05, 0) is 80.2 Å². The normalized spacial score (nSPS) is 11.8. The van der Waals surface area contributed by atoms with Crippen LogP contribution < -0.4 is 10.6 Å². The van der Waals surface area contributed by atoms with E-state index in [2.05, 4.69) is 98.8 Å². The molecule has 48 heavy (non-hydrogen) atoms. The Hall–Kier alpha value is -4.88. The SMILES string of the molecule is CC(C)c1cccc2cc3cccc(C(=O)NCCCN(C)CCCNC(=O)c4cccc5cc6cccc(C(C)C)c6nc45)c3nc12. The smallest absolute Gasteiger partial charge is 0.253 e. The molecule has 2 N–H and O–H groups in total. The zero-order valence-electron chi connectivity index (χ0n) is 28.6. The molecule has 2 amide bonds. The summed E-state index contributed by atoms with van der Waals surface area (Å²) in [6.07, 6.45) is 1.64. The summed E-state index contributed by atoms with van der Waals surface area (Å²) >= 11 is 0. The fourth-order valence-corrected chi connectivity index (χ4v) is 6.52. The maximum atomic E-state index is 13.2. The van der Waals surface area contributed by atoms with Gasteiger partial charge in [0, 0.05) is 34.6 Å². The zero-order chi connectivity index (χ0) is 33.8. The molecular weight excluding hydrogens is 594 g/mol. The molecule has 0 fully saturated rings. The molecule has 7 nitrogen and oxygen atoms in total. The van der Waals surface area contributed by atoms with Crippen LogP contribution in [0.4, 0.5) is 0 Å². The number of hydrogen-bond donors (Lipinski definition) is 2. The molecular formula is C41H45N5O2. The van der Waals surface area contributed by atoms with Crippen LogP contribution in [0.1, 0.15) is 84.2 Å². The van der Waals surface area contributed by atoms with Gasteiger partial charge in [0.2, 0.25) is 0 Å². The van der Waals surface area contributed by atoms with E-state index in [9.17, 15) is 9.59 Å². The lowest BCUT2D eigenvalue weighted by Crippen LogP contribution is -2.31. The van der Waals surface area contributed by atoms with E-state index in [1.54, 1.807) is 0 Å². The van der Waals surface area contributed by atoms with Crippen LogP contribution in [0.15, 0.2) is 84.9 Å². The lowest BCUT2D eigenvalue weighted by atomic mass is 9.98. The Balaban J connectivity index is 0.992. The van der Waals surface area contributed by atoms with Gasteiger partial charge in [0.25, 0.3) is 11.8 Å². The van der Waals surface area contributed by atoms with Crippen molar-refractivity contribution in [1.29, 1.82) is 0 Å². The molecule has 0 aliphatic carbocycles. The fraction of sp³-hybridized carbons (Fsp3) is 0.317. The highest BCUT2D eigenvalue weighted by molar-refractivity contribution is 6.09. The largest absolute Gasteiger partial charge is 0.352 e. The summed E-state index contributed by atoms with van der Waals surface area (Å²) in [4.78, 5) is 38.7. The summed E-state index contributed by atoms with van der Waals surface area (Å²) in [5.74, 6) is 0.481. The summed E-state index contributed by atoms with van der Waals surface area (Å²) in [5, 5.41) is 10.3. The lowest BCUT2D eigenvalue weighted by Gasteiger charge is -2.17. The van der Waals surface area contributed by atoms with E-state index in [0.717, 1.165) is 69.5 Å². The van der Waals surface area contributed by atoms with E-state index in [1.807, 2.05) is 36.4 Å². The zero-order valence-corrected chi connectivity index (χ0v) is 28.6. The first-order valence-corrected chi connectivity index (χ1v) is 17.1. The first-order chi connectivity index (χ1) is 23.2. The second-order valence-electron chi connectivity index (χ2n) is 13.4. The molecule has 6 aromatic rings. The molecule has 0 bridgehead atoms. The van der Waals surface area contributed by atoms with Gasteiger partial charge in [-0.1, -0.05) is 88.4 Å². The Morgan fingerprint density at radius 3 is 1.35 bits per heavy atom. The van der Waals surface area contributed by atoms with Crippen LogP contribution in [0.5, 0.6) is 0 Å². The summed E-state index contributed by atoms with van der Waals surface area (Å²) in [7, 11) is 2.07. The summed E-state index contributed by atoms with van der Waals surface area (Å²) in [6, 6.07) is 28.4. The van der Waals surface area contributed by atoms with E-state index in [-0.39, 0.29) is 11.8 Å². The molecule has 4 aromatic carbocycles. The molecule has 0 spiro atoms. The van der Waals surface area contributed by atoms with Crippen LogP contribution >= 0.6 is 0 Å². The van der Waals surface area contributed by atoms with Crippen LogP contribution in [0, 0.1) is 0 Å². The third-order valence-corrected chi connectivity index (χ3v) is 9.14. The third-order valence-electron chi connectivity index (χ3n) is 9.14. The number of amides is 2. The van der Waals surface area contributed by atoms with Gasteiger partial charge in [-0.2, -0.15) is 0 Å². The summed E-state index contributed by atoms with van der Waals surface area (Å²) < 4.78 is 0. The number of hydrogen-bond acceptors (Lipinski definition) is 5. The van der Waals surface area contributed by atoms with Gasteiger partial charge in [-0.15, -0.1) is 0 Å². The number of pyridine rings is 2. The minimum Gasteiger partial charge on any atom is -0.352 e. The van der Waals surface area contributed by atoms with E-state index >= 15 is 0 Å². The van der Waals surface area contributed by atoms with Crippen molar-refractivity contribution in [2.75, 3.05) is 33.2 Å².